The Morgan fingerprint density at radius 3 is 2.89 bits per heavy atom. The molecule has 3 rings (SSSR count). The van der Waals surface area contributed by atoms with Crippen LogP contribution in [0.25, 0.3) is 22.1 Å². The Bertz CT molecular complexity index is 667. The predicted octanol–water partition coefficient (Wildman–Crippen LogP) is -0.359. The first-order chi connectivity index (χ1) is 8.38. The number of para-hydroxylation sites is 1. The molecule has 1 aromatic carbocycles. The number of benzene rings is 1. The van der Waals surface area contributed by atoms with Crippen LogP contribution in [-0.4, -0.2) is 20.9 Å². The summed E-state index contributed by atoms with van der Waals surface area (Å²) in [7, 11) is 0. The summed E-state index contributed by atoms with van der Waals surface area (Å²) in [4.78, 5) is 8.89. The van der Waals surface area contributed by atoms with E-state index < -0.39 is 0 Å². The monoisotopic (exact) mass is 266 g/mol. The Morgan fingerprint density at radius 2 is 2.06 bits per heavy atom. The molecule has 0 fully saturated rings. The third kappa shape index (κ3) is 2.54. The molecular weight excluding hydrogens is 255 g/mol. The maximum atomic E-state index is 4.46. The molecule has 0 bridgehead atoms. The molecule has 2 heterocycles. The Kier molecular flexibility index (Phi) is 4.61. The van der Waals surface area contributed by atoms with Gasteiger partial charge >= 0.3 is 29.6 Å². The van der Waals surface area contributed by atoms with Gasteiger partial charge in [-0.25, -0.2) is 0 Å². The van der Waals surface area contributed by atoms with Crippen LogP contribution in [0.2, 0.25) is 0 Å². The fraction of sp³-hybridized carbons (Fsp3) is 0.250. The smallest absolute Gasteiger partial charge is 0.434 e. The zero-order valence-corrected chi connectivity index (χ0v) is 13.2. The summed E-state index contributed by atoms with van der Waals surface area (Å²) in [6, 6.07) is 7.91. The molecule has 2 aromatic heterocycles. The molecule has 0 unspecified atom stereocenters. The number of hydrogen-bond donors (Lipinski definition) is 0. The summed E-state index contributed by atoms with van der Waals surface area (Å²) in [5, 5.41) is 10.1. The maximum absolute atomic E-state index is 4.46. The molecular formula is C12H11N4NaS. The average Bonchev–Trinajstić information content (AvgIpc) is 2.74. The van der Waals surface area contributed by atoms with E-state index in [4.69, 9.17) is 0 Å². The van der Waals surface area contributed by atoms with Gasteiger partial charge in [-0.1, -0.05) is 31.2 Å². The van der Waals surface area contributed by atoms with E-state index in [1.54, 1.807) is 11.8 Å². The van der Waals surface area contributed by atoms with Crippen LogP contribution < -0.4 is 34.5 Å². The molecule has 18 heavy (non-hydrogen) atoms. The van der Waals surface area contributed by atoms with Crippen molar-refractivity contribution in [1.29, 1.82) is 0 Å². The van der Waals surface area contributed by atoms with Crippen LogP contribution in [0.3, 0.4) is 0 Å². The van der Waals surface area contributed by atoms with Crippen molar-refractivity contribution in [1.82, 2.24) is 20.2 Å². The van der Waals surface area contributed by atoms with Gasteiger partial charge in [0.15, 0.2) is 0 Å². The second-order valence-electron chi connectivity index (χ2n) is 3.74. The zero-order valence-electron chi connectivity index (χ0n) is 10.4. The Balaban J connectivity index is 0.00000120. The van der Waals surface area contributed by atoms with E-state index in [0.29, 0.717) is 10.8 Å². The van der Waals surface area contributed by atoms with Crippen molar-refractivity contribution in [3.8, 4) is 0 Å². The molecule has 0 N–H and O–H groups in total. The van der Waals surface area contributed by atoms with Gasteiger partial charge in [0.25, 0.3) is 0 Å². The first kappa shape index (κ1) is 13.8. The van der Waals surface area contributed by atoms with E-state index in [0.717, 1.165) is 28.6 Å². The zero-order chi connectivity index (χ0) is 11.7. The molecule has 3 aromatic rings. The molecule has 0 amide bonds. The molecule has 0 aliphatic carbocycles. The average molecular weight is 266 g/mol. The molecule has 0 aliphatic heterocycles. The second-order valence-corrected chi connectivity index (χ2v) is 4.81. The molecule has 0 atom stereocenters. The number of fused-ring (bicyclic) bond motifs is 3. The van der Waals surface area contributed by atoms with Gasteiger partial charge in [-0.2, -0.15) is 0 Å². The first-order valence-electron chi connectivity index (χ1n) is 5.57. The van der Waals surface area contributed by atoms with Crippen LogP contribution in [0.15, 0.2) is 29.4 Å². The van der Waals surface area contributed by atoms with Crippen LogP contribution in [0.5, 0.6) is 0 Å². The summed E-state index contributed by atoms with van der Waals surface area (Å²) in [6.45, 7) is 2.13. The molecule has 6 heteroatoms. The standard InChI is InChI=1S/C12H11N4S.Na/c1-2-7-17-12-14-11-10(15-16-12)8-5-3-4-6-9(8)13-11;/h3-6H,2,7H2,1H3;/q-1;+1. The third-order valence-corrected chi connectivity index (χ3v) is 3.51. The minimum Gasteiger partial charge on any atom is -0.434 e. The SMILES string of the molecule is CCCSc1nnc2c(n1)[n-]c1ccccc12.[Na+]. The fourth-order valence-corrected chi connectivity index (χ4v) is 2.33. The van der Waals surface area contributed by atoms with Crippen molar-refractivity contribution in [3.05, 3.63) is 24.3 Å². The van der Waals surface area contributed by atoms with Crippen molar-refractivity contribution in [2.75, 3.05) is 5.75 Å². The van der Waals surface area contributed by atoms with E-state index >= 15 is 0 Å². The van der Waals surface area contributed by atoms with E-state index in [-0.39, 0.29) is 29.6 Å². The van der Waals surface area contributed by atoms with Gasteiger partial charge in [0.1, 0.15) is 5.16 Å². The quantitative estimate of drug-likeness (QED) is 0.479. The topological polar surface area (TPSA) is 52.8 Å². The molecule has 86 valence electrons. The summed E-state index contributed by atoms with van der Waals surface area (Å²) in [5.74, 6) is 1.01. The van der Waals surface area contributed by atoms with E-state index in [1.165, 1.54) is 0 Å². The summed E-state index contributed by atoms with van der Waals surface area (Å²) in [5.41, 5.74) is 2.42. The number of hydrogen-bond acceptors (Lipinski definition) is 4. The van der Waals surface area contributed by atoms with Crippen molar-refractivity contribution >= 4 is 33.8 Å². The first-order valence-corrected chi connectivity index (χ1v) is 6.55. The molecule has 0 aliphatic rings. The van der Waals surface area contributed by atoms with Crippen molar-refractivity contribution in [2.24, 2.45) is 0 Å². The van der Waals surface area contributed by atoms with Gasteiger partial charge in [0.05, 0.1) is 5.52 Å². The number of nitrogens with zero attached hydrogens (tertiary/aromatic N) is 4. The van der Waals surface area contributed by atoms with Gasteiger partial charge < -0.3 is 9.97 Å². The van der Waals surface area contributed by atoms with E-state index in [1.807, 2.05) is 24.3 Å². The van der Waals surface area contributed by atoms with E-state index in [2.05, 4.69) is 27.1 Å². The summed E-state index contributed by atoms with van der Waals surface area (Å²) in [6.07, 6.45) is 1.10. The van der Waals surface area contributed by atoms with Gasteiger partial charge in [-0.3, -0.25) is 0 Å². The molecule has 0 saturated carbocycles. The van der Waals surface area contributed by atoms with Crippen LogP contribution >= 0.6 is 11.8 Å². The van der Waals surface area contributed by atoms with Gasteiger partial charge in [-0.05, 0) is 23.3 Å². The van der Waals surface area contributed by atoms with Crippen LogP contribution in [0, 0.1) is 0 Å². The van der Waals surface area contributed by atoms with Crippen molar-refractivity contribution in [3.63, 3.8) is 0 Å². The van der Waals surface area contributed by atoms with E-state index in [9.17, 15) is 0 Å². The Hall–Kier alpha value is -0.620. The number of thioether (sulfide) groups is 1. The third-order valence-electron chi connectivity index (χ3n) is 2.47. The van der Waals surface area contributed by atoms with Gasteiger partial charge in [0, 0.05) is 5.39 Å². The van der Waals surface area contributed by atoms with Crippen molar-refractivity contribution < 1.29 is 29.6 Å². The second kappa shape index (κ2) is 6.02. The van der Waals surface area contributed by atoms with Crippen LogP contribution in [0.1, 0.15) is 13.3 Å². The fourth-order valence-electron chi connectivity index (χ4n) is 1.70. The minimum absolute atomic E-state index is 0. The Morgan fingerprint density at radius 1 is 1.22 bits per heavy atom. The maximum Gasteiger partial charge on any atom is 1.00 e. The number of rotatable bonds is 3. The Labute approximate surface area is 131 Å². The molecule has 4 nitrogen and oxygen atoms in total. The van der Waals surface area contributed by atoms with Gasteiger partial charge in [-0.15, -0.1) is 22.0 Å². The minimum atomic E-state index is 0. The largest absolute Gasteiger partial charge is 1.00 e. The van der Waals surface area contributed by atoms with Gasteiger partial charge in [0.2, 0.25) is 0 Å². The molecule has 0 spiro atoms. The summed E-state index contributed by atoms with van der Waals surface area (Å²) >= 11 is 1.62. The molecule has 0 saturated heterocycles. The molecule has 0 radical (unpaired) electrons. The predicted molar refractivity (Wildman–Crippen MR) is 69.2 cm³/mol. The van der Waals surface area contributed by atoms with Crippen molar-refractivity contribution in [2.45, 2.75) is 18.5 Å². The summed E-state index contributed by atoms with van der Waals surface area (Å²) < 4.78 is 0. The van der Waals surface area contributed by atoms with Crippen LogP contribution in [-0.2, 0) is 0 Å². The normalized spacial score (nSPS) is 10.7. The number of aromatic nitrogens is 4. The van der Waals surface area contributed by atoms with Crippen LogP contribution in [0.4, 0.5) is 0 Å².